The summed E-state index contributed by atoms with van der Waals surface area (Å²) in [6, 6.07) is 7.07. The molecule has 0 amide bonds. The highest BCUT2D eigenvalue weighted by Crippen LogP contribution is 2.39. The highest BCUT2D eigenvalue weighted by Gasteiger charge is 2.34. The third-order valence-electron chi connectivity index (χ3n) is 5.10. The maximum atomic E-state index is 5.88. The third-order valence-corrected chi connectivity index (χ3v) is 5.10. The lowest BCUT2D eigenvalue weighted by molar-refractivity contribution is 0.141. The molecule has 2 aliphatic rings. The number of rotatable bonds is 6. The Kier molecular flexibility index (Phi) is 3.90. The van der Waals surface area contributed by atoms with Gasteiger partial charge in [-0.05, 0) is 73.7 Å². The number of nitrogens with one attached hydrogen (secondary N) is 1. The molecule has 1 aromatic carbocycles. The zero-order valence-electron chi connectivity index (χ0n) is 11.9. The van der Waals surface area contributed by atoms with Gasteiger partial charge in [-0.25, -0.2) is 0 Å². The highest BCUT2D eigenvalue weighted by molar-refractivity contribution is 5.35. The normalized spacial score (nSPS) is 20.1. The van der Waals surface area contributed by atoms with Crippen molar-refractivity contribution in [2.24, 2.45) is 11.1 Å². The van der Waals surface area contributed by atoms with E-state index < -0.39 is 0 Å². The van der Waals surface area contributed by atoms with Crippen LogP contribution >= 0.6 is 0 Å². The van der Waals surface area contributed by atoms with Crippen LogP contribution in [0.1, 0.15) is 42.4 Å². The van der Waals surface area contributed by atoms with Crippen LogP contribution in [0.25, 0.3) is 0 Å². The van der Waals surface area contributed by atoms with Crippen LogP contribution in [0.4, 0.5) is 0 Å². The van der Waals surface area contributed by atoms with Gasteiger partial charge in [0, 0.05) is 6.54 Å². The zero-order chi connectivity index (χ0) is 13.1. The van der Waals surface area contributed by atoms with Gasteiger partial charge in [0.25, 0.3) is 0 Å². The van der Waals surface area contributed by atoms with Crippen molar-refractivity contribution in [2.45, 2.75) is 44.9 Å². The van der Waals surface area contributed by atoms with Gasteiger partial charge in [0.1, 0.15) is 0 Å². The molecule has 3 N–H and O–H groups in total. The average Bonchev–Trinajstić information content (AvgIpc) is 2.84. The molecule has 0 bridgehead atoms. The maximum Gasteiger partial charge on any atom is 0.00200 e. The first-order valence-corrected chi connectivity index (χ1v) is 7.83. The van der Waals surface area contributed by atoms with E-state index in [1.54, 1.807) is 11.1 Å². The molecule has 19 heavy (non-hydrogen) atoms. The number of fused-ring (bicyclic) bond motifs is 1. The molecule has 1 saturated carbocycles. The molecule has 2 heteroatoms. The van der Waals surface area contributed by atoms with Crippen LogP contribution in [0.5, 0.6) is 0 Å². The van der Waals surface area contributed by atoms with E-state index in [2.05, 4.69) is 23.5 Å². The Balaban J connectivity index is 1.45. The Morgan fingerprint density at radius 2 is 1.95 bits per heavy atom. The molecular formula is C17H26N2. The van der Waals surface area contributed by atoms with Gasteiger partial charge < -0.3 is 11.1 Å². The number of aryl methyl sites for hydroxylation is 2. The molecule has 0 unspecified atom stereocenters. The molecule has 1 fully saturated rings. The van der Waals surface area contributed by atoms with Crippen LogP contribution in [-0.2, 0) is 19.3 Å². The molecule has 0 saturated heterocycles. The summed E-state index contributed by atoms with van der Waals surface area (Å²) >= 11 is 0. The van der Waals surface area contributed by atoms with Gasteiger partial charge in [-0.1, -0.05) is 24.6 Å². The molecule has 0 aliphatic heterocycles. The van der Waals surface area contributed by atoms with Crippen LogP contribution < -0.4 is 11.1 Å². The van der Waals surface area contributed by atoms with E-state index in [4.69, 9.17) is 5.73 Å². The quantitative estimate of drug-likeness (QED) is 0.769. The van der Waals surface area contributed by atoms with E-state index in [1.807, 2.05) is 0 Å². The predicted octanol–water partition coefficient (Wildman–Crippen LogP) is 2.44. The van der Waals surface area contributed by atoms with Crippen LogP contribution in [0.3, 0.4) is 0 Å². The SMILES string of the molecule is NCC1(CNCCc2ccc3c(c2)CCC3)CCC1. The molecule has 2 aliphatic carbocycles. The summed E-state index contributed by atoms with van der Waals surface area (Å²) in [6.45, 7) is 3.04. The Morgan fingerprint density at radius 1 is 1.11 bits per heavy atom. The summed E-state index contributed by atoms with van der Waals surface area (Å²) in [6.07, 6.45) is 9.05. The van der Waals surface area contributed by atoms with E-state index in [0.29, 0.717) is 5.41 Å². The minimum atomic E-state index is 0.429. The largest absolute Gasteiger partial charge is 0.330 e. The Hall–Kier alpha value is -0.860. The van der Waals surface area contributed by atoms with E-state index in [9.17, 15) is 0 Å². The first kappa shape index (κ1) is 13.1. The van der Waals surface area contributed by atoms with Gasteiger partial charge in [-0.15, -0.1) is 0 Å². The first-order valence-electron chi connectivity index (χ1n) is 7.83. The second-order valence-electron chi connectivity index (χ2n) is 6.44. The molecule has 104 valence electrons. The highest BCUT2D eigenvalue weighted by atomic mass is 14.9. The van der Waals surface area contributed by atoms with Gasteiger partial charge in [0.15, 0.2) is 0 Å². The van der Waals surface area contributed by atoms with Crippen LogP contribution in [0.2, 0.25) is 0 Å². The summed E-state index contributed by atoms with van der Waals surface area (Å²) in [5.74, 6) is 0. The predicted molar refractivity (Wildman–Crippen MR) is 80.4 cm³/mol. The van der Waals surface area contributed by atoms with Crippen molar-refractivity contribution < 1.29 is 0 Å². The lowest BCUT2D eigenvalue weighted by atomic mass is 9.69. The minimum Gasteiger partial charge on any atom is -0.330 e. The maximum absolute atomic E-state index is 5.88. The van der Waals surface area contributed by atoms with Crippen molar-refractivity contribution in [3.05, 3.63) is 34.9 Å². The summed E-state index contributed by atoms with van der Waals surface area (Å²) in [5, 5.41) is 3.62. The first-order chi connectivity index (χ1) is 9.31. The van der Waals surface area contributed by atoms with Gasteiger partial charge >= 0.3 is 0 Å². The van der Waals surface area contributed by atoms with E-state index in [1.165, 1.54) is 44.1 Å². The number of benzene rings is 1. The molecular weight excluding hydrogens is 232 g/mol. The minimum absolute atomic E-state index is 0.429. The topological polar surface area (TPSA) is 38.0 Å². The van der Waals surface area contributed by atoms with E-state index >= 15 is 0 Å². The van der Waals surface area contributed by atoms with Crippen molar-refractivity contribution in [3.8, 4) is 0 Å². The van der Waals surface area contributed by atoms with Crippen molar-refractivity contribution in [2.75, 3.05) is 19.6 Å². The number of hydrogen-bond donors (Lipinski definition) is 2. The molecule has 0 spiro atoms. The van der Waals surface area contributed by atoms with Crippen LogP contribution in [-0.4, -0.2) is 19.6 Å². The van der Waals surface area contributed by atoms with Gasteiger partial charge in [0.2, 0.25) is 0 Å². The van der Waals surface area contributed by atoms with Crippen molar-refractivity contribution in [1.29, 1.82) is 0 Å². The average molecular weight is 258 g/mol. The molecule has 3 rings (SSSR count). The summed E-state index contributed by atoms with van der Waals surface area (Å²) in [4.78, 5) is 0. The molecule has 0 atom stereocenters. The fraction of sp³-hybridized carbons (Fsp3) is 0.647. The Bertz CT molecular complexity index is 429. The Labute approximate surface area is 116 Å². The van der Waals surface area contributed by atoms with Crippen molar-refractivity contribution in [1.82, 2.24) is 5.32 Å². The summed E-state index contributed by atoms with van der Waals surface area (Å²) < 4.78 is 0. The van der Waals surface area contributed by atoms with Crippen molar-refractivity contribution in [3.63, 3.8) is 0 Å². The standard InChI is InChI=1S/C17H26N2/c18-12-17(8-2-9-17)13-19-10-7-14-5-6-15-3-1-4-16(15)11-14/h5-6,11,19H,1-4,7-10,12-13,18H2. The van der Waals surface area contributed by atoms with Gasteiger partial charge in [0.05, 0.1) is 0 Å². The van der Waals surface area contributed by atoms with Crippen LogP contribution in [0, 0.1) is 5.41 Å². The number of hydrogen-bond acceptors (Lipinski definition) is 2. The molecule has 0 aromatic heterocycles. The third kappa shape index (κ3) is 2.85. The molecule has 0 heterocycles. The zero-order valence-corrected chi connectivity index (χ0v) is 11.9. The summed E-state index contributed by atoms with van der Waals surface area (Å²) in [7, 11) is 0. The van der Waals surface area contributed by atoms with Crippen molar-refractivity contribution >= 4 is 0 Å². The lowest BCUT2D eigenvalue weighted by Crippen LogP contribution is -2.45. The number of nitrogens with two attached hydrogens (primary N) is 1. The van der Waals surface area contributed by atoms with Crippen LogP contribution in [0.15, 0.2) is 18.2 Å². The van der Waals surface area contributed by atoms with E-state index in [0.717, 1.165) is 26.1 Å². The summed E-state index contributed by atoms with van der Waals surface area (Å²) in [5.41, 5.74) is 11.0. The fourth-order valence-corrected chi connectivity index (χ4v) is 3.50. The van der Waals surface area contributed by atoms with E-state index in [-0.39, 0.29) is 0 Å². The smallest absolute Gasteiger partial charge is 0.00200 e. The van der Waals surface area contributed by atoms with Gasteiger partial charge in [-0.2, -0.15) is 0 Å². The Morgan fingerprint density at radius 3 is 2.68 bits per heavy atom. The second-order valence-corrected chi connectivity index (χ2v) is 6.44. The lowest BCUT2D eigenvalue weighted by Gasteiger charge is -2.41. The fourth-order valence-electron chi connectivity index (χ4n) is 3.50. The molecule has 1 aromatic rings. The molecule has 2 nitrogen and oxygen atoms in total. The molecule has 0 radical (unpaired) electrons. The monoisotopic (exact) mass is 258 g/mol. The second kappa shape index (κ2) is 5.64. The van der Waals surface area contributed by atoms with Gasteiger partial charge in [-0.3, -0.25) is 0 Å².